The van der Waals surface area contributed by atoms with Crippen molar-refractivity contribution in [3.05, 3.63) is 102 Å². The number of anilines is 2. The summed E-state index contributed by atoms with van der Waals surface area (Å²) < 4.78 is 3.16. The molecule has 0 bridgehead atoms. The minimum Gasteiger partial charge on any atom is -0.340 e. The van der Waals surface area contributed by atoms with Crippen molar-refractivity contribution in [2.45, 2.75) is 0 Å². The van der Waals surface area contributed by atoms with E-state index in [-0.39, 0.29) is 0 Å². The number of hydrogen-bond donors (Lipinski definition) is 1. The number of nitrogens with one attached hydrogen (secondary N) is 1. The van der Waals surface area contributed by atoms with Gasteiger partial charge in [-0.3, -0.25) is 0 Å². The second kappa shape index (κ2) is 7.53. The van der Waals surface area contributed by atoms with Gasteiger partial charge >= 0.3 is 0 Å². The maximum atomic E-state index is 4.62. The van der Waals surface area contributed by atoms with Gasteiger partial charge in [-0.1, -0.05) is 64.5 Å². The van der Waals surface area contributed by atoms with E-state index in [4.69, 9.17) is 0 Å². The van der Waals surface area contributed by atoms with Crippen molar-refractivity contribution >= 4 is 38.5 Å². The molecule has 0 unspecified atom stereocenters. The molecule has 0 atom stereocenters. The monoisotopic (exact) mass is 440 g/mol. The second-order valence-electron chi connectivity index (χ2n) is 6.67. The highest BCUT2D eigenvalue weighted by molar-refractivity contribution is 9.10. The molecule has 0 aliphatic rings. The molecule has 0 saturated carbocycles. The summed E-state index contributed by atoms with van der Waals surface area (Å²) in [6.45, 7) is 0. The van der Waals surface area contributed by atoms with Gasteiger partial charge in [0.05, 0.1) is 5.39 Å². The fraction of sp³-hybridized carbons (Fsp3) is 0. The van der Waals surface area contributed by atoms with Crippen molar-refractivity contribution < 1.29 is 0 Å². The van der Waals surface area contributed by atoms with E-state index < -0.39 is 0 Å². The number of rotatable bonds is 4. The molecule has 3 aromatic carbocycles. The summed E-state index contributed by atoms with van der Waals surface area (Å²) in [5, 5.41) is 4.45. The Balaban J connectivity index is 1.74. The zero-order valence-electron chi connectivity index (χ0n) is 15.5. The molecule has 0 spiro atoms. The molecular formula is C24H17BrN4. The molecule has 5 heteroatoms. The van der Waals surface area contributed by atoms with Crippen molar-refractivity contribution in [1.29, 1.82) is 0 Å². The third kappa shape index (κ3) is 3.41. The van der Waals surface area contributed by atoms with Crippen LogP contribution in [0.25, 0.3) is 27.8 Å². The Labute approximate surface area is 177 Å². The van der Waals surface area contributed by atoms with E-state index in [1.165, 1.54) is 0 Å². The SMILES string of the molecule is Brc1ccc(Nc2ncnc3c2c(-c2ccccc2)cn3-c2ccccc2)cc1. The predicted octanol–water partition coefficient (Wildman–Crippen LogP) is 6.59. The van der Waals surface area contributed by atoms with E-state index in [0.717, 1.165) is 43.8 Å². The number of halogens is 1. The number of nitrogens with zero attached hydrogens (tertiary/aromatic N) is 3. The summed E-state index contributed by atoms with van der Waals surface area (Å²) >= 11 is 3.49. The number of aromatic nitrogens is 3. The lowest BCUT2D eigenvalue weighted by Gasteiger charge is -2.09. The third-order valence-corrected chi connectivity index (χ3v) is 5.34. The topological polar surface area (TPSA) is 42.7 Å². The van der Waals surface area contributed by atoms with Crippen LogP contribution >= 0.6 is 15.9 Å². The van der Waals surface area contributed by atoms with Crippen molar-refractivity contribution in [3.63, 3.8) is 0 Å². The van der Waals surface area contributed by atoms with Crippen LogP contribution in [0.1, 0.15) is 0 Å². The zero-order valence-corrected chi connectivity index (χ0v) is 17.0. The van der Waals surface area contributed by atoms with Gasteiger partial charge < -0.3 is 9.88 Å². The Morgan fingerprint density at radius 1 is 0.759 bits per heavy atom. The molecule has 0 aliphatic heterocycles. The molecule has 5 rings (SSSR count). The van der Waals surface area contributed by atoms with Gasteiger partial charge in [-0.25, -0.2) is 9.97 Å². The maximum Gasteiger partial charge on any atom is 0.150 e. The van der Waals surface area contributed by atoms with E-state index in [2.05, 4.69) is 66.2 Å². The molecule has 0 amide bonds. The van der Waals surface area contributed by atoms with Gasteiger partial charge in [-0.15, -0.1) is 0 Å². The number of benzene rings is 3. The van der Waals surface area contributed by atoms with Gasteiger partial charge in [0.2, 0.25) is 0 Å². The summed E-state index contributed by atoms with van der Waals surface area (Å²) in [5.41, 5.74) is 5.11. The molecule has 29 heavy (non-hydrogen) atoms. The Bertz CT molecular complexity index is 1260. The molecule has 0 radical (unpaired) electrons. The van der Waals surface area contributed by atoms with E-state index in [0.29, 0.717) is 0 Å². The molecule has 2 aromatic heterocycles. The van der Waals surface area contributed by atoms with E-state index in [9.17, 15) is 0 Å². The van der Waals surface area contributed by atoms with E-state index >= 15 is 0 Å². The molecule has 2 heterocycles. The largest absolute Gasteiger partial charge is 0.340 e. The van der Waals surface area contributed by atoms with E-state index in [1.807, 2.05) is 60.7 Å². The summed E-state index contributed by atoms with van der Waals surface area (Å²) in [4.78, 5) is 9.19. The smallest absolute Gasteiger partial charge is 0.150 e. The molecule has 0 saturated heterocycles. The Morgan fingerprint density at radius 2 is 1.45 bits per heavy atom. The fourth-order valence-electron chi connectivity index (χ4n) is 3.45. The Morgan fingerprint density at radius 3 is 2.17 bits per heavy atom. The second-order valence-corrected chi connectivity index (χ2v) is 7.58. The van der Waals surface area contributed by atoms with Crippen LogP contribution in [-0.2, 0) is 0 Å². The normalized spacial score (nSPS) is 10.9. The van der Waals surface area contributed by atoms with Gasteiger partial charge in [0.15, 0.2) is 5.65 Å². The Kier molecular flexibility index (Phi) is 4.58. The predicted molar refractivity (Wildman–Crippen MR) is 122 cm³/mol. The van der Waals surface area contributed by atoms with E-state index in [1.54, 1.807) is 6.33 Å². The summed E-state index contributed by atoms with van der Waals surface area (Å²) in [7, 11) is 0. The van der Waals surface area contributed by atoms with Crippen molar-refractivity contribution in [2.24, 2.45) is 0 Å². The minimum absolute atomic E-state index is 0.783. The van der Waals surface area contributed by atoms with Crippen LogP contribution in [0.3, 0.4) is 0 Å². The highest BCUT2D eigenvalue weighted by Gasteiger charge is 2.17. The van der Waals surface area contributed by atoms with Crippen LogP contribution in [0.5, 0.6) is 0 Å². The fourth-order valence-corrected chi connectivity index (χ4v) is 3.71. The van der Waals surface area contributed by atoms with Gasteiger partial charge in [-0.05, 0) is 42.0 Å². The highest BCUT2D eigenvalue weighted by atomic mass is 79.9. The summed E-state index contributed by atoms with van der Waals surface area (Å²) in [5.74, 6) is 0.783. The first-order valence-corrected chi connectivity index (χ1v) is 10.1. The van der Waals surface area contributed by atoms with Gasteiger partial charge in [0.1, 0.15) is 12.1 Å². The summed E-state index contributed by atoms with van der Waals surface area (Å²) in [6, 6.07) is 28.7. The Hall–Kier alpha value is -3.44. The summed E-state index contributed by atoms with van der Waals surface area (Å²) in [6.07, 6.45) is 3.74. The van der Waals surface area contributed by atoms with Crippen LogP contribution in [-0.4, -0.2) is 14.5 Å². The first-order chi connectivity index (χ1) is 14.3. The average Bonchev–Trinajstić information content (AvgIpc) is 3.17. The molecule has 140 valence electrons. The lowest BCUT2D eigenvalue weighted by molar-refractivity contribution is 1.08. The van der Waals surface area contributed by atoms with Crippen molar-refractivity contribution in [3.8, 4) is 16.8 Å². The molecule has 4 nitrogen and oxygen atoms in total. The van der Waals surface area contributed by atoms with Crippen LogP contribution in [0.2, 0.25) is 0 Å². The molecule has 5 aromatic rings. The lowest BCUT2D eigenvalue weighted by Crippen LogP contribution is -1.98. The quantitative estimate of drug-likeness (QED) is 0.342. The zero-order chi connectivity index (χ0) is 19.6. The maximum absolute atomic E-state index is 4.62. The first-order valence-electron chi connectivity index (χ1n) is 9.29. The third-order valence-electron chi connectivity index (χ3n) is 4.81. The standard InChI is InChI=1S/C24H17BrN4/c25-18-11-13-19(14-12-18)28-23-22-21(17-7-3-1-4-8-17)15-29(24(22)27-16-26-23)20-9-5-2-6-10-20/h1-16H,(H,26,27,28). The molecule has 0 fully saturated rings. The van der Waals surface area contributed by atoms with Gasteiger partial charge in [0, 0.05) is 27.6 Å². The minimum atomic E-state index is 0.783. The van der Waals surface area contributed by atoms with Crippen LogP contribution < -0.4 is 5.32 Å². The van der Waals surface area contributed by atoms with Crippen LogP contribution in [0.15, 0.2) is 102 Å². The number of para-hydroxylation sites is 1. The lowest BCUT2D eigenvalue weighted by atomic mass is 10.1. The van der Waals surface area contributed by atoms with Gasteiger partial charge in [-0.2, -0.15) is 0 Å². The van der Waals surface area contributed by atoms with Crippen molar-refractivity contribution in [1.82, 2.24) is 14.5 Å². The molecule has 0 aliphatic carbocycles. The molecular weight excluding hydrogens is 424 g/mol. The highest BCUT2D eigenvalue weighted by Crippen LogP contribution is 2.36. The number of fused-ring (bicyclic) bond motifs is 1. The van der Waals surface area contributed by atoms with Crippen molar-refractivity contribution in [2.75, 3.05) is 5.32 Å². The number of hydrogen-bond acceptors (Lipinski definition) is 3. The molecule has 1 N–H and O–H groups in total. The average molecular weight is 441 g/mol. The van der Waals surface area contributed by atoms with Gasteiger partial charge in [0.25, 0.3) is 0 Å². The first kappa shape index (κ1) is 17.6. The van der Waals surface area contributed by atoms with Crippen LogP contribution in [0, 0.1) is 0 Å². The van der Waals surface area contributed by atoms with Crippen LogP contribution in [0.4, 0.5) is 11.5 Å².